The van der Waals surface area contributed by atoms with Crippen LogP contribution in [-0.4, -0.2) is 56.7 Å². The zero-order valence-corrected chi connectivity index (χ0v) is 18.8. The number of halogens is 1. The summed E-state index contributed by atoms with van der Waals surface area (Å²) in [5.74, 6) is -2.75. The average Bonchev–Trinajstić information content (AvgIpc) is 3.02. The van der Waals surface area contributed by atoms with Crippen LogP contribution in [0.1, 0.15) is 17.4 Å². The molecule has 180 valence electrons. The van der Waals surface area contributed by atoms with Crippen molar-refractivity contribution in [2.75, 3.05) is 13.7 Å². The molecule has 1 fully saturated rings. The summed E-state index contributed by atoms with van der Waals surface area (Å²) in [6.07, 6.45) is -4.78. The third-order valence-corrected chi connectivity index (χ3v) is 6.80. The number of hydrogen-bond acceptors (Lipinski definition) is 11. The van der Waals surface area contributed by atoms with Crippen molar-refractivity contribution in [3.8, 4) is 11.5 Å². The number of aliphatic hydroxyl groups excluding tert-OH is 3. The molecule has 2 aliphatic rings. The van der Waals surface area contributed by atoms with Gasteiger partial charge < -0.3 is 29.3 Å². The molecular formula is C18H20FN2O10PS. The van der Waals surface area contributed by atoms with Gasteiger partial charge in [0.15, 0.2) is 17.7 Å². The summed E-state index contributed by atoms with van der Waals surface area (Å²) in [6.45, 7) is -1.90. The van der Waals surface area contributed by atoms with Crippen LogP contribution in [0.5, 0.6) is 11.5 Å². The van der Waals surface area contributed by atoms with Crippen molar-refractivity contribution in [1.29, 1.82) is 0 Å². The number of hydrogen-bond donors (Lipinski definition) is 4. The highest BCUT2D eigenvalue weighted by molar-refractivity contribution is 7.71. The van der Waals surface area contributed by atoms with Crippen LogP contribution in [-0.2, 0) is 31.6 Å². The number of para-hydroxylation sites is 1. The number of alkyl halides is 1. The first-order chi connectivity index (χ1) is 15.6. The van der Waals surface area contributed by atoms with Crippen LogP contribution < -0.4 is 15.0 Å². The summed E-state index contributed by atoms with van der Waals surface area (Å²) in [5.41, 5.74) is -0.259. The molecular weight excluding hydrogens is 486 g/mol. The molecule has 3 heterocycles. The largest absolute Gasteiger partial charge is 0.530 e. The molecule has 2 aliphatic heterocycles. The summed E-state index contributed by atoms with van der Waals surface area (Å²) >= 11 is 4.90. The van der Waals surface area contributed by atoms with Gasteiger partial charge in [0.25, 0.3) is 5.85 Å². The molecule has 5 atom stereocenters. The fourth-order valence-electron chi connectivity index (χ4n) is 3.38. The van der Waals surface area contributed by atoms with Crippen LogP contribution in [0.25, 0.3) is 0 Å². The molecule has 1 aromatic carbocycles. The highest BCUT2D eigenvalue weighted by atomic mass is 32.1. The number of benzene rings is 1. The first-order valence-electron chi connectivity index (χ1n) is 9.53. The second-order valence-electron chi connectivity index (χ2n) is 7.24. The number of methoxy groups -OCH3 is 1. The van der Waals surface area contributed by atoms with Crippen LogP contribution >= 0.6 is 20.0 Å². The molecule has 0 amide bonds. The number of rotatable bonds is 6. The molecule has 0 aliphatic carbocycles. The molecule has 2 aromatic rings. The molecule has 33 heavy (non-hydrogen) atoms. The van der Waals surface area contributed by atoms with E-state index in [0.717, 1.165) is 10.8 Å². The minimum absolute atomic E-state index is 0.0537. The van der Waals surface area contributed by atoms with Gasteiger partial charge >= 0.3 is 13.5 Å². The molecule has 15 heteroatoms. The van der Waals surface area contributed by atoms with E-state index >= 15 is 4.39 Å². The monoisotopic (exact) mass is 506 g/mol. The molecule has 0 saturated carbocycles. The minimum Gasteiger partial charge on any atom is -0.493 e. The summed E-state index contributed by atoms with van der Waals surface area (Å²) < 4.78 is 54.7. The number of phosphoric acid groups is 1. The minimum atomic E-state index is -4.36. The van der Waals surface area contributed by atoms with Crippen molar-refractivity contribution in [3.63, 3.8) is 0 Å². The van der Waals surface area contributed by atoms with Crippen LogP contribution in [0.3, 0.4) is 0 Å². The Kier molecular flexibility index (Phi) is 6.46. The molecule has 0 radical (unpaired) electrons. The van der Waals surface area contributed by atoms with E-state index in [9.17, 15) is 24.7 Å². The Balaban J connectivity index is 1.54. The van der Waals surface area contributed by atoms with E-state index in [4.69, 9.17) is 35.3 Å². The van der Waals surface area contributed by atoms with Gasteiger partial charge in [-0.3, -0.25) is 18.6 Å². The predicted molar refractivity (Wildman–Crippen MR) is 110 cm³/mol. The normalized spacial score (nSPS) is 31.1. The van der Waals surface area contributed by atoms with E-state index < -0.39 is 51.0 Å². The second-order valence-corrected chi connectivity index (χ2v) is 9.24. The number of H-pyrrole nitrogens is 1. The van der Waals surface area contributed by atoms with Gasteiger partial charge in [0, 0.05) is 17.3 Å². The zero-order valence-electron chi connectivity index (χ0n) is 17.0. The SMILES string of the molecule is COc1cccc2c1OP(=O)(OC[C@@]1(F)O[C@@H](n3cc(CO)c(=S)[nH]c3=O)[C@H](O)[C@@H]1O)OC2. The van der Waals surface area contributed by atoms with Gasteiger partial charge in [0.2, 0.25) is 0 Å². The predicted octanol–water partition coefficient (Wildman–Crippen LogP) is 1.06. The van der Waals surface area contributed by atoms with E-state index in [0.29, 0.717) is 5.56 Å². The van der Waals surface area contributed by atoms with Gasteiger partial charge in [0.05, 0.1) is 20.3 Å². The first-order valence-corrected chi connectivity index (χ1v) is 11.4. The lowest BCUT2D eigenvalue weighted by Crippen LogP contribution is -2.43. The molecule has 1 saturated heterocycles. The number of fused-ring (bicyclic) bond motifs is 1. The number of aliphatic hydroxyl groups is 3. The third kappa shape index (κ3) is 4.36. The van der Waals surface area contributed by atoms with Gasteiger partial charge in [0.1, 0.15) is 23.5 Å². The number of nitrogens with zero attached hydrogens (tertiary/aromatic N) is 1. The van der Waals surface area contributed by atoms with Gasteiger partial charge in [-0.25, -0.2) is 13.8 Å². The van der Waals surface area contributed by atoms with E-state index in [1.807, 2.05) is 0 Å². The molecule has 0 spiro atoms. The quantitative estimate of drug-likeness (QED) is 0.327. The van der Waals surface area contributed by atoms with E-state index in [-0.39, 0.29) is 28.3 Å². The number of ether oxygens (including phenoxy) is 2. The fourth-order valence-corrected chi connectivity index (χ4v) is 4.82. The van der Waals surface area contributed by atoms with Crippen molar-refractivity contribution < 1.29 is 47.3 Å². The van der Waals surface area contributed by atoms with E-state index in [2.05, 4.69) is 4.98 Å². The molecule has 12 nitrogen and oxygen atoms in total. The lowest BCUT2D eigenvalue weighted by atomic mass is 10.1. The Hall–Kier alpha value is -2.16. The van der Waals surface area contributed by atoms with Crippen molar-refractivity contribution in [3.05, 3.63) is 50.6 Å². The maximum atomic E-state index is 15.4. The Morgan fingerprint density at radius 2 is 2.18 bits per heavy atom. The highest BCUT2D eigenvalue weighted by Crippen LogP contribution is 2.57. The molecule has 4 N–H and O–H groups in total. The van der Waals surface area contributed by atoms with Gasteiger partial charge in [-0.1, -0.05) is 24.4 Å². The van der Waals surface area contributed by atoms with Crippen molar-refractivity contribution in [2.45, 2.75) is 37.5 Å². The molecule has 0 bridgehead atoms. The van der Waals surface area contributed by atoms with Crippen LogP contribution in [0, 0.1) is 4.64 Å². The Morgan fingerprint density at radius 3 is 2.88 bits per heavy atom. The summed E-state index contributed by atoms with van der Waals surface area (Å²) in [6, 6.07) is 4.87. The molecule has 1 unspecified atom stereocenters. The van der Waals surface area contributed by atoms with Crippen molar-refractivity contribution in [1.82, 2.24) is 9.55 Å². The Bertz CT molecular complexity index is 1210. The zero-order chi connectivity index (χ0) is 24.0. The maximum absolute atomic E-state index is 15.4. The number of aromatic nitrogens is 2. The van der Waals surface area contributed by atoms with Gasteiger partial charge in [-0.15, -0.1) is 0 Å². The number of aromatic amines is 1. The lowest BCUT2D eigenvalue weighted by Gasteiger charge is -2.28. The molecule has 1 aromatic heterocycles. The van der Waals surface area contributed by atoms with Gasteiger partial charge in [-0.05, 0) is 6.07 Å². The van der Waals surface area contributed by atoms with Crippen LogP contribution in [0.2, 0.25) is 0 Å². The van der Waals surface area contributed by atoms with Gasteiger partial charge in [-0.2, -0.15) is 0 Å². The van der Waals surface area contributed by atoms with E-state index in [1.54, 1.807) is 18.2 Å². The first kappa shape index (κ1) is 24.0. The molecule has 4 rings (SSSR count). The second kappa shape index (κ2) is 8.89. The lowest BCUT2D eigenvalue weighted by molar-refractivity contribution is -0.205. The van der Waals surface area contributed by atoms with Crippen molar-refractivity contribution >= 4 is 20.0 Å². The maximum Gasteiger partial charge on any atom is 0.530 e. The smallest absolute Gasteiger partial charge is 0.493 e. The van der Waals surface area contributed by atoms with Crippen LogP contribution in [0.4, 0.5) is 4.39 Å². The Morgan fingerprint density at radius 1 is 1.42 bits per heavy atom. The standard InChI is InChI=1S/C18H20FN2O10PS/c1-27-11-4-2-3-9-7-28-32(26,31-13(9)11)29-8-18(19)14(24)12(23)16(30-18)21-5-10(6-22)15(33)20-17(21)25/h2-5,12,14,16,22-24H,6-8H2,1H3,(H,20,25,33)/t12-,14+,16-,18-,32?/m1/s1. The number of nitrogens with one attached hydrogen (secondary N) is 1. The number of phosphoric ester groups is 1. The summed E-state index contributed by atoms with van der Waals surface area (Å²) in [4.78, 5) is 14.5. The van der Waals surface area contributed by atoms with E-state index in [1.165, 1.54) is 7.11 Å². The van der Waals surface area contributed by atoms with Crippen molar-refractivity contribution in [2.24, 2.45) is 0 Å². The topological polar surface area (TPSA) is 162 Å². The Labute approximate surface area is 190 Å². The average molecular weight is 506 g/mol. The van der Waals surface area contributed by atoms with Crippen LogP contribution in [0.15, 0.2) is 29.2 Å². The third-order valence-electron chi connectivity index (χ3n) is 5.14. The fraction of sp³-hybridized carbons (Fsp3) is 0.444. The highest BCUT2D eigenvalue weighted by Gasteiger charge is 2.57. The summed E-state index contributed by atoms with van der Waals surface area (Å²) in [7, 11) is -2.99. The summed E-state index contributed by atoms with van der Waals surface area (Å²) in [5, 5.41) is 29.9.